The van der Waals surface area contributed by atoms with E-state index in [1.165, 1.54) is 30.5 Å². The fourth-order valence-electron chi connectivity index (χ4n) is 1.54. The number of benzene rings is 1. The fourth-order valence-corrected chi connectivity index (χ4v) is 2.79. The molecule has 0 amide bonds. The van der Waals surface area contributed by atoms with E-state index in [0.29, 0.717) is 0 Å². The first-order valence-electron chi connectivity index (χ1n) is 5.32. The molecule has 0 fully saturated rings. The number of halogens is 1. The summed E-state index contributed by atoms with van der Waals surface area (Å²) in [5.41, 5.74) is 5.31. The van der Waals surface area contributed by atoms with Gasteiger partial charge in [-0.15, -0.1) is 5.10 Å². The predicted molar refractivity (Wildman–Crippen MR) is 67.1 cm³/mol. The van der Waals surface area contributed by atoms with Crippen molar-refractivity contribution >= 4 is 15.8 Å². The van der Waals surface area contributed by atoms with E-state index in [2.05, 4.69) is 14.9 Å². The second-order valence-electron chi connectivity index (χ2n) is 3.64. The number of anilines is 1. The van der Waals surface area contributed by atoms with Gasteiger partial charge in [0.05, 0.1) is 4.90 Å². The Morgan fingerprint density at radius 3 is 2.68 bits per heavy atom. The van der Waals surface area contributed by atoms with E-state index in [9.17, 15) is 12.8 Å². The van der Waals surface area contributed by atoms with E-state index in [1.54, 1.807) is 0 Å². The maximum atomic E-state index is 13.5. The smallest absolute Gasteiger partial charge is 0.263 e. The lowest BCUT2D eigenvalue weighted by molar-refractivity contribution is 0.585. The zero-order valence-electron chi connectivity index (χ0n) is 9.75. The highest BCUT2D eigenvalue weighted by atomic mass is 32.2. The molecule has 0 aliphatic heterocycles. The van der Waals surface area contributed by atoms with Crippen LogP contribution in [0.1, 0.15) is 5.56 Å². The van der Waals surface area contributed by atoms with Gasteiger partial charge in [0.25, 0.3) is 10.0 Å². The first-order chi connectivity index (χ1) is 9.04. The topological polar surface area (TPSA) is 98.0 Å². The van der Waals surface area contributed by atoms with Gasteiger partial charge in [0.2, 0.25) is 0 Å². The maximum absolute atomic E-state index is 13.5. The van der Waals surface area contributed by atoms with Gasteiger partial charge in [-0.05, 0) is 24.3 Å². The summed E-state index contributed by atoms with van der Waals surface area (Å²) < 4.78 is 40.0. The monoisotopic (exact) mass is 282 g/mol. The zero-order chi connectivity index (χ0) is 13.9. The second-order valence-corrected chi connectivity index (χ2v) is 5.29. The van der Waals surface area contributed by atoms with E-state index in [-0.39, 0.29) is 22.8 Å². The summed E-state index contributed by atoms with van der Waals surface area (Å²) >= 11 is 0. The molecule has 0 bridgehead atoms. The van der Waals surface area contributed by atoms with Gasteiger partial charge in [-0.1, -0.05) is 6.07 Å². The molecule has 6 nitrogen and oxygen atoms in total. The van der Waals surface area contributed by atoms with Crippen LogP contribution in [0.5, 0.6) is 0 Å². The van der Waals surface area contributed by atoms with Gasteiger partial charge < -0.3 is 5.73 Å². The Labute approximate surface area is 109 Å². The predicted octanol–water partition coefficient (Wildman–Crippen LogP) is 0.875. The third-order valence-electron chi connectivity index (χ3n) is 2.38. The number of aromatic nitrogens is 2. The van der Waals surface area contributed by atoms with Crippen LogP contribution >= 0.6 is 0 Å². The van der Waals surface area contributed by atoms with Crippen molar-refractivity contribution in [1.82, 2.24) is 10.2 Å². The molecule has 0 saturated heterocycles. The van der Waals surface area contributed by atoms with Gasteiger partial charge in [0, 0.05) is 18.3 Å². The zero-order valence-corrected chi connectivity index (χ0v) is 10.6. The standard InChI is InChI=1S/C11H11FN4O2S/c12-9-3-1-4-10(8(9)7-13)19(17,18)16-11-5-2-6-14-15-11/h1-6H,7,13H2,(H,15,16). The van der Waals surface area contributed by atoms with Crippen LogP contribution in [0.25, 0.3) is 0 Å². The molecule has 19 heavy (non-hydrogen) atoms. The highest BCUT2D eigenvalue weighted by molar-refractivity contribution is 7.92. The first kappa shape index (κ1) is 13.4. The van der Waals surface area contributed by atoms with Gasteiger partial charge in [-0.25, -0.2) is 12.8 Å². The van der Waals surface area contributed by atoms with Crippen molar-refractivity contribution in [3.63, 3.8) is 0 Å². The Bertz CT molecular complexity index is 676. The lowest BCUT2D eigenvalue weighted by Crippen LogP contribution is -2.18. The van der Waals surface area contributed by atoms with E-state index in [4.69, 9.17) is 5.73 Å². The number of nitrogens with one attached hydrogen (secondary N) is 1. The van der Waals surface area contributed by atoms with Gasteiger partial charge >= 0.3 is 0 Å². The van der Waals surface area contributed by atoms with Crippen molar-refractivity contribution < 1.29 is 12.8 Å². The number of nitrogens with zero attached hydrogens (tertiary/aromatic N) is 2. The number of rotatable bonds is 4. The SMILES string of the molecule is NCc1c(F)cccc1S(=O)(=O)Nc1cccnn1. The van der Waals surface area contributed by atoms with Crippen molar-refractivity contribution in [2.75, 3.05) is 4.72 Å². The minimum atomic E-state index is -3.95. The molecule has 0 spiro atoms. The normalized spacial score (nSPS) is 11.3. The van der Waals surface area contributed by atoms with Crippen molar-refractivity contribution in [1.29, 1.82) is 0 Å². The van der Waals surface area contributed by atoms with Crippen LogP contribution < -0.4 is 10.5 Å². The molecule has 8 heteroatoms. The molecular weight excluding hydrogens is 271 g/mol. The molecule has 0 aliphatic carbocycles. The van der Waals surface area contributed by atoms with Crippen molar-refractivity contribution in [2.45, 2.75) is 11.4 Å². The van der Waals surface area contributed by atoms with Crippen LogP contribution in [-0.2, 0) is 16.6 Å². The molecule has 0 radical (unpaired) electrons. The largest absolute Gasteiger partial charge is 0.326 e. The summed E-state index contributed by atoms with van der Waals surface area (Å²) in [7, 11) is -3.95. The molecule has 1 aromatic carbocycles. The number of hydrogen-bond donors (Lipinski definition) is 2. The minimum Gasteiger partial charge on any atom is -0.326 e. The van der Waals surface area contributed by atoms with E-state index < -0.39 is 15.8 Å². The van der Waals surface area contributed by atoms with Gasteiger partial charge in [0.15, 0.2) is 5.82 Å². The summed E-state index contributed by atoms with van der Waals surface area (Å²) in [5.74, 6) is -0.612. The summed E-state index contributed by atoms with van der Waals surface area (Å²) in [5, 5.41) is 7.15. The average Bonchev–Trinajstić information content (AvgIpc) is 2.39. The number of hydrogen-bond acceptors (Lipinski definition) is 5. The maximum Gasteiger partial charge on any atom is 0.263 e. The van der Waals surface area contributed by atoms with Gasteiger partial charge in [-0.2, -0.15) is 5.10 Å². The first-order valence-corrected chi connectivity index (χ1v) is 6.81. The molecule has 3 N–H and O–H groups in total. The van der Waals surface area contributed by atoms with Crippen LogP contribution in [0.15, 0.2) is 41.4 Å². The molecule has 0 aliphatic rings. The molecule has 1 aromatic heterocycles. The van der Waals surface area contributed by atoms with Crippen LogP contribution in [0, 0.1) is 5.82 Å². The number of sulfonamides is 1. The minimum absolute atomic E-state index is 0.0507. The Kier molecular flexibility index (Phi) is 3.72. The van der Waals surface area contributed by atoms with Crippen molar-refractivity contribution in [3.8, 4) is 0 Å². The molecule has 2 rings (SSSR count). The Balaban J connectivity index is 2.43. The summed E-state index contributed by atoms with van der Waals surface area (Å²) in [6, 6.07) is 6.71. The van der Waals surface area contributed by atoms with Crippen molar-refractivity contribution in [2.24, 2.45) is 5.73 Å². The summed E-state index contributed by atoms with van der Waals surface area (Å²) in [6.45, 7) is -0.219. The van der Waals surface area contributed by atoms with Crippen LogP contribution in [0.3, 0.4) is 0 Å². The van der Waals surface area contributed by atoms with E-state index >= 15 is 0 Å². The Morgan fingerprint density at radius 2 is 2.05 bits per heavy atom. The lowest BCUT2D eigenvalue weighted by Gasteiger charge is -2.10. The Morgan fingerprint density at radius 1 is 1.26 bits per heavy atom. The summed E-state index contributed by atoms with van der Waals surface area (Å²) in [4.78, 5) is -0.208. The highest BCUT2D eigenvalue weighted by Crippen LogP contribution is 2.20. The quantitative estimate of drug-likeness (QED) is 0.867. The molecule has 100 valence electrons. The molecule has 0 atom stereocenters. The molecule has 0 unspecified atom stereocenters. The third-order valence-corrected chi connectivity index (χ3v) is 3.82. The molecule has 0 saturated carbocycles. The van der Waals surface area contributed by atoms with Gasteiger partial charge in [-0.3, -0.25) is 4.72 Å². The third kappa shape index (κ3) is 2.85. The van der Waals surface area contributed by atoms with Gasteiger partial charge in [0.1, 0.15) is 5.82 Å². The number of nitrogens with two attached hydrogens (primary N) is 1. The van der Waals surface area contributed by atoms with E-state index in [1.807, 2.05) is 0 Å². The lowest BCUT2D eigenvalue weighted by atomic mass is 10.2. The molecular formula is C11H11FN4O2S. The Hall–Kier alpha value is -2.06. The van der Waals surface area contributed by atoms with Crippen LogP contribution in [0.2, 0.25) is 0 Å². The highest BCUT2D eigenvalue weighted by Gasteiger charge is 2.20. The molecule has 2 aromatic rings. The summed E-state index contributed by atoms with van der Waals surface area (Å²) in [6.07, 6.45) is 1.41. The fraction of sp³-hybridized carbons (Fsp3) is 0.0909. The van der Waals surface area contributed by atoms with Crippen LogP contribution in [-0.4, -0.2) is 18.6 Å². The van der Waals surface area contributed by atoms with Crippen LogP contribution in [0.4, 0.5) is 10.2 Å². The second kappa shape index (κ2) is 5.29. The molecule has 1 heterocycles. The van der Waals surface area contributed by atoms with E-state index in [0.717, 1.165) is 6.07 Å². The van der Waals surface area contributed by atoms with Crippen molar-refractivity contribution in [3.05, 3.63) is 47.9 Å². The average molecular weight is 282 g/mol.